The molecule has 0 aliphatic rings. The molecule has 4 rings (SSSR count). The van der Waals surface area contributed by atoms with Gasteiger partial charge in [-0.1, -0.05) is 48.5 Å². The second-order valence-corrected chi connectivity index (χ2v) is 7.99. The van der Waals surface area contributed by atoms with Gasteiger partial charge in [-0.3, -0.25) is 13.9 Å². The first-order valence-corrected chi connectivity index (χ1v) is 10.7. The van der Waals surface area contributed by atoms with Crippen molar-refractivity contribution in [2.75, 3.05) is 11.9 Å². The van der Waals surface area contributed by atoms with Crippen LogP contribution in [0.4, 0.5) is 5.95 Å². The highest BCUT2D eigenvalue weighted by molar-refractivity contribution is 5.74. The van der Waals surface area contributed by atoms with Gasteiger partial charge in [0.05, 0.1) is 6.54 Å². The summed E-state index contributed by atoms with van der Waals surface area (Å²) in [5, 5.41) is 14.0. The summed E-state index contributed by atoms with van der Waals surface area (Å²) in [6, 6.07) is 17.3. The number of aliphatic hydroxyl groups excluding tert-OH is 1. The van der Waals surface area contributed by atoms with Crippen LogP contribution in [-0.4, -0.2) is 36.5 Å². The molecule has 1 atom stereocenters. The molecule has 0 saturated carbocycles. The number of fused-ring (bicyclic) bond motifs is 1. The predicted octanol–water partition coefficient (Wildman–Crippen LogP) is 1.79. The van der Waals surface area contributed by atoms with Gasteiger partial charge < -0.3 is 19.7 Å². The number of ether oxygens (including phenoxy) is 1. The summed E-state index contributed by atoms with van der Waals surface area (Å²) in [5.74, 6) is 1.08. The monoisotopic (exact) mass is 449 g/mol. The summed E-state index contributed by atoms with van der Waals surface area (Å²) >= 11 is 0. The number of para-hydroxylation sites is 1. The summed E-state index contributed by atoms with van der Waals surface area (Å²) in [4.78, 5) is 29.9. The Morgan fingerprint density at radius 3 is 2.45 bits per heavy atom. The van der Waals surface area contributed by atoms with Crippen LogP contribution in [-0.2, 0) is 27.2 Å². The lowest BCUT2D eigenvalue weighted by molar-refractivity contribution is 0.0935. The van der Waals surface area contributed by atoms with E-state index in [1.165, 1.54) is 11.6 Å². The fraction of sp³-hybridized carbons (Fsp3) is 0.292. The minimum absolute atomic E-state index is 0.0364. The van der Waals surface area contributed by atoms with Gasteiger partial charge in [0.15, 0.2) is 11.2 Å². The van der Waals surface area contributed by atoms with Gasteiger partial charge in [0.1, 0.15) is 18.5 Å². The highest BCUT2D eigenvalue weighted by Gasteiger charge is 2.21. The Labute approximate surface area is 190 Å². The predicted molar refractivity (Wildman–Crippen MR) is 127 cm³/mol. The molecule has 0 unspecified atom stereocenters. The van der Waals surface area contributed by atoms with Crippen molar-refractivity contribution in [2.24, 2.45) is 14.1 Å². The van der Waals surface area contributed by atoms with E-state index in [1.54, 1.807) is 11.6 Å². The molecule has 0 aliphatic heterocycles. The van der Waals surface area contributed by atoms with Crippen LogP contribution in [0.3, 0.4) is 0 Å². The van der Waals surface area contributed by atoms with Crippen LogP contribution >= 0.6 is 0 Å². The summed E-state index contributed by atoms with van der Waals surface area (Å²) in [5.41, 5.74) is 1.56. The Hall–Kier alpha value is -3.85. The highest BCUT2D eigenvalue weighted by atomic mass is 16.5. The zero-order chi connectivity index (χ0) is 23.5. The van der Waals surface area contributed by atoms with Gasteiger partial charge in [0.25, 0.3) is 5.56 Å². The van der Waals surface area contributed by atoms with Crippen molar-refractivity contribution in [3.8, 4) is 5.75 Å². The maximum atomic E-state index is 13.0. The molecule has 0 radical (unpaired) electrons. The first-order chi connectivity index (χ1) is 15.9. The Kier molecular flexibility index (Phi) is 6.32. The Balaban J connectivity index is 1.67. The van der Waals surface area contributed by atoms with E-state index in [9.17, 15) is 14.7 Å². The number of hydrogen-bond donors (Lipinski definition) is 2. The zero-order valence-electron chi connectivity index (χ0n) is 18.9. The van der Waals surface area contributed by atoms with Crippen LogP contribution in [0.25, 0.3) is 11.2 Å². The third kappa shape index (κ3) is 4.54. The van der Waals surface area contributed by atoms with Crippen LogP contribution in [0, 0.1) is 6.92 Å². The van der Waals surface area contributed by atoms with E-state index >= 15 is 0 Å². The van der Waals surface area contributed by atoms with Crippen molar-refractivity contribution in [3.63, 3.8) is 0 Å². The number of imidazole rings is 1. The second kappa shape index (κ2) is 9.33. The van der Waals surface area contributed by atoms with Crippen molar-refractivity contribution in [1.82, 2.24) is 18.7 Å². The number of aromatic nitrogens is 4. The molecule has 9 heteroatoms. The van der Waals surface area contributed by atoms with Crippen LogP contribution in [0.15, 0.2) is 64.2 Å². The molecule has 0 bridgehead atoms. The summed E-state index contributed by atoms with van der Waals surface area (Å²) in [7, 11) is 3.00. The van der Waals surface area contributed by atoms with Crippen LogP contribution in [0.2, 0.25) is 0 Å². The topological polar surface area (TPSA) is 103 Å². The molecule has 0 saturated heterocycles. The fourth-order valence-electron chi connectivity index (χ4n) is 3.70. The molecule has 33 heavy (non-hydrogen) atoms. The number of aliphatic hydroxyl groups is 1. The minimum atomic E-state index is -0.916. The van der Waals surface area contributed by atoms with E-state index in [0.717, 1.165) is 15.7 Å². The Morgan fingerprint density at radius 1 is 1.03 bits per heavy atom. The summed E-state index contributed by atoms with van der Waals surface area (Å²) in [6.45, 7) is 2.50. The Bertz CT molecular complexity index is 1390. The average molecular weight is 450 g/mol. The molecule has 2 N–H and O–H groups in total. The van der Waals surface area contributed by atoms with Gasteiger partial charge in [-0.15, -0.1) is 0 Å². The van der Waals surface area contributed by atoms with Crippen LogP contribution < -0.4 is 21.3 Å². The highest BCUT2D eigenvalue weighted by Crippen LogP contribution is 2.19. The zero-order valence-corrected chi connectivity index (χ0v) is 18.9. The van der Waals surface area contributed by atoms with Crippen LogP contribution in [0.1, 0.15) is 11.1 Å². The molecular weight excluding hydrogens is 422 g/mol. The largest absolute Gasteiger partial charge is 0.491 e. The molecule has 0 fully saturated rings. The second-order valence-electron chi connectivity index (χ2n) is 7.99. The molecule has 9 nitrogen and oxygen atoms in total. The first kappa shape index (κ1) is 22.3. The Morgan fingerprint density at radius 2 is 1.73 bits per heavy atom. The molecule has 172 valence electrons. The minimum Gasteiger partial charge on any atom is -0.491 e. The number of nitrogens with one attached hydrogen (secondary N) is 1. The van der Waals surface area contributed by atoms with E-state index in [0.29, 0.717) is 18.2 Å². The van der Waals surface area contributed by atoms with E-state index in [2.05, 4.69) is 10.3 Å². The molecular formula is C24H27N5O4. The lowest BCUT2D eigenvalue weighted by Gasteiger charge is -2.17. The third-order valence-electron chi connectivity index (χ3n) is 5.56. The number of benzene rings is 2. The van der Waals surface area contributed by atoms with Crippen molar-refractivity contribution >= 4 is 17.1 Å². The lowest BCUT2D eigenvalue weighted by Crippen LogP contribution is -2.38. The summed E-state index contributed by atoms with van der Waals surface area (Å²) in [6.07, 6.45) is -0.916. The molecule has 0 spiro atoms. The standard InChI is InChI=1S/C24H27N5O4/c1-16-9-7-8-12-19(16)33-15-18(30)14-29-20-21(27(2)24(32)28(3)22(20)31)26-23(29)25-13-17-10-5-4-6-11-17/h4-12,18,30H,13-15H2,1-3H3,(H,25,26)/t18-/m1/s1. The molecule has 0 amide bonds. The van der Waals surface area contributed by atoms with Crippen molar-refractivity contribution in [1.29, 1.82) is 0 Å². The van der Waals surface area contributed by atoms with Gasteiger partial charge in [-0.05, 0) is 24.1 Å². The first-order valence-electron chi connectivity index (χ1n) is 10.7. The van der Waals surface area contributed by atoms with Gasteiger partial charge in [-0.2, -0.15) is 4.98 Å². The molecule has 2 aromatic carbocycles. The normalized spacial score (nSPS) is 12.1. The molecule has 2 heterocycles. The molecule has 4 aromatic rings. The average Bonchev–Trinajstić information content (AvgIpc) is 3.18. The SMILES string of the molecule is Cc1ccccc1OC[C@H](O)Cn1c(NCc2ccccc2)nc2c1c(=O)n(C)c(=O)n2C. The van der Waals surface area contributed by atoms with Crippen molar-refractivity contribution in [3.05, 3.63) is 86.6 Å². The number of nitrogens with zero attached hydrogens (tertiary/aromatic N) is 4. The summed E-state index contributed by atoms with van der Waals surface area (Å²) < 4.78 is 9.77. The van der Waals surface area contributed by atoms with E-state index in [4.69, 9.17) is 4.74 Å². The van der Waals surface area contributed by atoms with Crippen molar-refractivity contribution in [2.45, 2.75) is 26.1 Å². The van der Waals surface area contributed by atoms with Crippen molar-refractivity contribution < 1.29 is 9.84 Å². The van der Waals surface area contributed by atoms with Gasteiger partial charge >= 0.3 is 5.69 Å². The molecule has 2 aromatic heterocycles. The quantitative estimate of drug-likeness (QED) is 0.425. The van der Waals surface area contributed by atoms with E-state index in [1.807, 2.05) is 61.5 Å². The van der Waals surface area contributed by atoms with Gasteiger partial charge in [0, 0.05) is 20.6 Å². The van der Waals surface area contributed by atoms with Gasteiger partial charge in [0.2, 0.25) is 5.95 Å². The number of rotatable bonds is 8. The number of anilines is 1. The number of aryl methyl sites for hydroxylation is 2. The van der Waals surface area contributed by atoms with Gasteiger partial charge in [-0.25, -0.2) is 4.79 Å². The lowest BCUT2D eigenvalue weighted by atomic mass is 10.2. The fourth-order valence-corrected chi connectivity index (χ4v) is 3.70. The third-order valence-corrected chi connectivity index (χ3v) is 5.56. The smallest absolute Gasteiger partial charge is 0.332 e. The maximum Gasteiger partial charge on any atom is 0.332 e. The number of hydrogen-bond acceptors (Lipinski definition) is 6. The van der Waals surface area contributed by atoms with E-state index in [-0.39, 0.29) is 24.3 Å². The molecule has 0 aliphatic carbocycles. The van der Waals surface area contributed by atoms with E-state index < -0.39 is 17.4 Å². The maximum absolute atomic E-state index is 13.0. The van der Waals surface area contributed by atoms with Crippen LogP contribution in [0.5, 0.6) is 5.75 Å².